The van der Waals surface area contributed by atoms with E-state index in [1.54, 1.807) is 0 Å². The summed E-state index contributed by atoms with van der Waals surface area (Å²) in [6.07, 6.45) is -4.81. The van der Waals surface area contributed by atoms with Crippen LogP contribution in [0.4, 0.5) is 13.2 Å². The largest absolute Gasteiger partial charge is 0.495 e. The molecule has 0 fully saturated rings. The molecule has 96 valence electrons. The molecular formula is C10H6ClF3N2O2. The summed E-state index contributed by atoms with van der Waals surface area (Å²) in [4.78, 5) is 16.6. The molecule has 0 saturated heterocycles. The molecule has 1 heterocycles. The van der Waals surface area contributed by atoms with E-state index in [1.165, 1.54) is 19.2 Å². The molecule has 8 heteroatoms. The Morgan fingerprint density at radius 2 is 2.06 bits per heavy atom. The summed E-state index contributed by atoms with van der Waals surface area (Å²) in [7, 11) is 1.35. The number of aromatic nitrogens is 2. The minimum Gasteiger partial charge on any atom is -0.495 e. The number of fused-ring (bicyclic) bond motifs is 1. The zero-order chi connectivity index (χ0) is 13.5. The Morgan fingerprint density at radius 1 is 1.39 bits per heavy atom. The maximum absolute atomic E-state index is 12.5. The maximum atomic E-state index is 12.5. The highest BCUT2D eigenvalue weighted by Crippen LogP contribution is 2.31. The molecule has 2 rings (SSSR count). The molecular weight excluding hydrogens is 273 g/mol. The first kappa shape index (κ1) is 12.7. The van der Waals surface area contributed by atoms with Crippen LogP contribution in [-0.2, 0) is 6.18 Å². The molecule has 0 unspecified atom stereocenters. The first-order valence-electron chi connectivity index (χ1n) is 4.68. The average Bonchev–Trinajstić information content (AvgIpc) is 2.28. The number of benzene rings is 1. The fraction of sp³-hybridized carbons (Fsp3) is 0.200. The van der Waals surface area contributed by atoms with E-state index in [-0.39, 0.29) is 21.8 Å². The molecule has 0 saturated carbocycles. The highest BCUT2D eigenvalue weighted by Gasteiger charge is 2.36. The van der Waals surface area contributed by atoms with Crippen molar-refractivity contribution in [2.75, 3.05) is 7.11 Å². The average molecular weight is 279 g/mol. The van der Waals surface area contributed by atoms with Gasteiger partial charge in [-0.25, -0.2) is 4.98 Å². The summed E-state index contributed by atoms with van der Waals surface area (Å²) in [5, 5.41) is 0.00771. The molecule has 0 spiro atoms. The Bertz CT molecular complexity index is 666. The molecule has 0 aliphatic heterocycles. The van der Waals surface area contributed by atoms with Gasteiger partial charge in [-0.15, -0.1) is 0 Å². The van der Waals surface area contributed by atoms with Crippen LogP contribution in [0.15, 0.2) is 16.9 Å². The van der Waals surface area contributed by atoms with E-state index in [0.717, 1.165) is 0 Å². The second-order valence-electron chi connectivity index (χ2n) is 3.39. The van der Waals surface area contributed by atoms with Crippen molar-refractivity contribution in [2.24, 2.45) is 0 Å². The van der Waals surface area contributed by atoms with E-state index < -0.39 is 17.4 Å². The van der Waals surface area contributed by atoms with Crippen LogP contribution in [0.2, 0.25) is 5.02 Å². The topological polar surface area (TPSA) is 55.0 Å². The molecule has 0 bridgehead atoms. The Labute approximate surface area is 103 Å². The van der Waals surface area contributed by atoms with Crippen molar-refractivity contribution in [1.29, 1.82) is 0 Å². The van der Waals surface area contributed by atoms with Gasteiger partial charge >= 0.3 is 6.18 Å². The van der Waals surface area contributed by atoms with Crippen molar-refractivity contribution in [2.45, 2.75) is 6.18 Å². The summed E-state index contributed by atoms with van der Waals surface area (Å²) < 4.78 is 42.3. The number of H-pyrrole nitrogens is 1. The van der Waals surface area contributed by atoms with E-state index in [4.69, 9.17) is 16.3 Å². The van der Waals surface area contributed by atoms with Crippen LogP contribution >= 0.6 is 11.6 Å². The number of aromatic amines is 1. The Kier molecular flexibility index (Phi) is 2.94. The van der Waals surface area contributed by atoms with E-state index in [9.17, 15) is 18.0 Å². The smallest absolute Gasteiger partial charge is 0.438 e. The van der Waals surface area contributed by atoms with Crippen LogP contribution in [0.3, 0.4) is 0 Å². The minimum atomic E-state index is -4.81. The summed E-state index contributed by atoms with van der Waals surface area (Å²) >= 11 is 5.86. The third-order valence-electron chi connectivity index (χ3n) is 2.26. The van der Waals surface area contributed by atoms with Gasteiger partial charge in [0, 0.05) is 0 Å². The SMILES string of the molecule is COc1ccc2nc(C(F)(F)F)c(=O)[nH]c2c1Cl. The number of rotatable bonds is 1. The molecule has 1 aromatic heterocycles. The molecule has 2 aromatic rings. The standard InChI is InChI=1S/C10H6ClF3N2O2/c1-18-5-3-2-4-7(6(5)11)16-9(17)8(15-4)10(12,13)14/h2-3H,1H3,(H,16,17). The van der Waals surface area contributed by atoms with E-state index in [0.29, 0.717) is 0 Å². The first-order valence-corrected chi connectivity index (χ1v) is 5.06. The number of hydrogen-bond donors (Lipinski definition) is 1. The van der Waals surface area contributed by atoms with E-state index in [1.807, 2.05) is 0 Å². The zero-order valence-electron chi connectivity index (χ0n) is 8.93. The van der Waals surface area contributed by atoms with Crippen LogP contribution in [0.25, 0.3) is 11.0 Å². The van der Waals surface area contributed by atoms with Crippen LogP contribution in [0.5, 0.6) is 5.75 Å². The molecule has 1 aromatic carbocycles. The zero-order valence-corrected chi connectivity index (χ0v) is 9.69. The molecule has 0 atom stereocenters. The highest BCUT2D eigenvalue weighted by atomic mass is 35.5. The number of hydrogen-bond acceptors (Lipinski definition) is 3. The predicted octanol–water partition coefficient (Wildman–Crippen LogP) is 2.60. The van der Waals surface area contributed by atoms with Crippen molar-refractivity contribution in [1.82, 2.24) is 9.97 Å². The lowest BCUT2D eigenvalue weighted by atomic mass is 10.2. The third-order valence-corrected chi connectivity index (χ3v) is 2.63. The van der Waals surface area contributed by atoms with Crippen molar-refractivity contribution in [3.8, 4) is 5.75 Å². The van der Waals surface area contributed by atoms with Gasteiger partial charge in [-0.05, 0) is 12.1 Å². The van der Waals surface area contributed by atoms with Gasteiger partial charge in [0.05, 0.1) is 18.1 Å². The lowest BCUT2D eigenvalue weighted by molar-refractivity contribution is -0.142. The molecule has 4 nitrogen and oxygen atoms in total. The summed E-state index contributed by atoms with van der Waals surface area (Å²) in [6.45, 7) is 0. The van der Waals surface area contributed by atoms with Gasteiger partial charge in [-0.3, -0.25) is 4.79 Å². The molecule has 18 heavy (non-hydrogen) atoms. The number of alkyl halides is 3. The van der Waals surface area contributed by atoms with Crippen LogP contribution in [0.1, 0.15) is 5.69 Å². The van der Waals surface area contributed by atoms with Gasteiger partial charge in [0.1, 0.15) is 10.8 Å². The van der Waals surface area contributed by atoms with Crippen molar-refractivity contribution < 1.29 is 17.9 Å². The van der Waals surface area contributed by atoms with Gasteiger partial charge in [0.15, 0.2) is 0 Å². The quantitative estimate of drug-likeness (QED) is 0.872. The molecule has 1 N–H and O–H groups in total. The lowest BCUT2D eigenvalue weighted by Gasteiger charge is -2.08. The number of nitrogens with zero attached hydrogens (tertiary/aromatic N) is 1. The van der Waals surface area contributed by atoms with Crippen molar-refractivity contribution >= 4 is 22.6 Å². The fourth-order valence-corrected chi connectivity index (χ4v) is 1.74. The number of ether oxygens (including phenoxy) is 1. The fourth-order valence-electron chi connectivity index (χ4n) is 1.45. The lowest BCUT2D eigenvalue weighted by Crippen LogP contribution is -2.23. The maximum Gasteiger partial charge on any atom is 0.438 e. The van der Waals surface area contributed by atoms with Gasteiger partial charge in [-0.2, -0.15) is 13.2 Å². The van der Waals surface area contributed by atoms with Gasteiger partial charge in [-0.1, -0.05) is 11.6 Å². The van der Waals surface area contributed by atoms with E-state index >= 15 is 0 Å². The van der Waals surface area contributed by atoms with E-state index in [2.05, 4.69) is 9.97 Å². The second-order valence-corrected chi connectivity index (χ2v) is 3.77. The highest BCUT2D eigenvalue weighted by molar-refractivity contribution is 6.36. The van der Waals surface area contributed by atoms with Crippen LogP contribution in [0, 0.1) is 0 Å². The predicted molar refractivity (Wildman–Crippen MR) is 58.9 cm³/mol. The van der Waals surface area contributed by atoms with Crippen molar-refractivity contribution in [3.63, 3.8) is 0 Å². The monoisotopic (exact) mass is 278 g/mol. The minimum absolute atomic E-state index is 0.00771. The van der Waals surface area contributed by atoms with Crippen LogP contribution < -0.4 is 10.3 Å². The second kappa shape index (κ2) is 4.16. The van der Waals surface area contributed by atoms with Crippen molar-refractivity contribution in [3.05, 3.63) is 33.2 Å². The first-order chi connectivity index (χ1) is 8.34. The molecule has 0 amide bonds. The van der Waals surface area contributed by atoms with Gasteiger partial charge < -0.3 is 9.72 Å². The summed E-state index contributed by atoms with van der Waals surface area (Å²) in [5.74, 6) is 0.237. The number of methoxy groups -OCH3 is 1. The van der Waals surface area contributed by atoms with Crippen LogP contribution in [-0.4, -0.2) is 17.1 Å². The summed E-state index contributed by atoms with van der Waals surface area (Å²) in [5.41, 5.74) is -2.90. The molecule has 0 aliphatic carbocycles. The Morgan fingerprint density at radius 3 is 2.61 bits per heavy atom. The third kappa shape index (κ3) is 2.01. The normalized spacial score (nSPS) is 11.8. The molecule has 0 aliphatic rings. The Balaban J connectivity index is 2.80. The van der Waals surface area contributed by atoms with Gasteiger partial charge in [0.2, 0.25) is 5.69 Å². The van der Waals surface area contributed by atoms with Gasteiger partial charge in [0.25, 0.3) is 5.56 Å². The number of halogens is 4. The Hall–Kier alpha value is -1.76. The summed E-state index contributed by atoms with van der Waals surface area (Å²) in [6, 6.07) is 2.65. The molecule has 0 radical (unpaired) electrons. The number of nitrogens with one attached hydrogen (secondary N) is 1.